The summed E-state index contributed by atoms with van der Waals surface area (Å²) in [6.07, 6.45) is 0.0996. The van der Waals surface area contributed by atoms with Gasteiger partial charge >= 0.3 is 0 Å². The predicted octanol–water partition coefficient (Wildman–Crippen LogP) is 2.15. The van der Waals surface area contributed by atoms with E-state index in [1.807, 2.05) is 54.2 Å². The number of carbonyl (C=O) groups excluding carboxylic acids is 2. The van der Waals surface area contributed by atoms with Crippen LogP contribution in [0, 0.1) is 5.82 Å². The van der Waals surface area contributed by atoms with Gasteiger partial charge in [0.05, 0.1) is 19.6 Å². The molecule has 2 heterocycles. The molecule has 1 spiro atoms. The molecule has 2 fully saturated rings. The van der Waals surface area contributed by atoms with Crippen molar-refractivity contribution in [1.29, 1.82) is 0 Å². The number of hydrogen-bond donors (Lipinski definition) is 0. The minimum Gasteiger partial charge on any atom is -0.361 e. The van der Waals surface area contributed by atoms with Crippen molar-refractivity contribution in [3.63, 3.8) is 0 Å². The van der Waals surface area contributed by atoms with Gasteiger partial charge in [-0.05, 0) is 37.4 Å². The number of amides is 2. The highest BCUT2D eigenvalue weighted by atomic mass is 19.1. The number of rotatable bonds is 6. The fraction of sp³-hybridized carbons (Fsp3) is 0.440. The fourth-order valence-corrected chi connectivity index (χ4v) is 4.67. The van der Waals surface area contributed by atoms with Crippen molar-refractivity contribution in [2.45, 2.75) is 17.9 Å². The van der Waals surface area contributed by atoms with Crippen LogP contribution in [0.4, 0.5) is 4.39 Å². The number of ether oxygens (including phenoxy) is 1. The lowest BCUT2D eigenvalue weighted by Crippen LogP contribution is -2.59. The standard InChI is InChI=1S/C25H30FN3O3/c1-27(2)11-12-28-17-22(20-8-4-3-5-9-20)25(24(28)31)18-29(13-14-32-25)23(30)16-19-7-6-10-21(26)15-19/h3-10,15,22H,11-14,16-18H2,1-2H3/t22-,25+/m0/s1. The van der Waals surface area contributed by atoms with Crippen molar-refractivity contribution in [3.8, 4) is 0 Å². The Morgan fingerprint density at radius 3 is 2.69 bits per heavy atom. The van der Waals surface area contributed by atoms with Gasteiger partial charge in [0.2, 0.25) is 5.91 Å². The van der Waals surface area contributed by atoms with Crippen molar-refractivity contribution >= 4 is 11.8 Å². The van der Waals surface area contributed by atoms with Crippen LogP contribution in [0.25, 0.3) is 0 Å². The zero-order valence-corrected chi connectivity index (χ0v) is 18.7. The van der Waals surface area contributed by atoms with Gasteiger partial charge in [0, 0.05) is 32.1 Å². The van der Waals surface area contributed by atoms with Crippen LogP contribution in [0.1, 0.15) is 17.0 Å². The maximum Gasteiger partial charge on any atom is 0.257 e. The number of benzene rings is 2. The van der Waals surface area contributed by atoms with Crippen LogP contribution in [0.15, 0.2) is 54.6 Å². The number of morpholine rings is 1. The summed E-state index contributed by atoms with van der Waals surface area (Å²) in [6, 6.07) is 16.0. The van der Waals surface area contributed by atoms with Crippen molar-refractivity contribution in [2.24, 2.45) is 0 Å². The summed E-state index contributed by atoms with van der Waals surface area (Å²) in [5, 5.41) is 0. The van der Waals surface area contributed by atoms with E-state index in [2.05, 4.69) is 0 Å². The van der Waals surface area contributed by atoms with Gasteiger partial charge in [-0.25, -0.2) is 4.39 Å². The van der Waals surface area contributed by atoms with Gasteiger partial charge in [-0.3, -0.25) is 9.59 Å². The summed E-state index contributed by atoms with van der Waals surface area (Å²) < 4.78 is 19.8. The molecule has 2 saturated heterocycles. The lowest BCUT2D eigenvalue weighted by molar-refractivity contribution is -0.167. The molecule has 2 amide bonds. The molecule has 2 atom stereocenters. The molecule has 0 unspecified atom stereocenters. The summed E-state index contributed by atoms with van der Waals surface area (Å²) >= 11 is 0. The van der Waals surface area contributed by atoms with Crippen LogP contribution < -0.4 is 0 Å². The first-order valence-electron chi connectivity index (χ1n) is 11.0. The summed E-state index contributed by atoms with van der Waals surface area (Å²) in [5.74, 6) is -0.704. The second-order valence-electron chi connectivity index (χ2n) is 8.88. The van der Waals surface area contributed by atoms with Gasteiger partial charge in [-0.2, -0.15) is 0 Å². The van der Waals surface area contributed by atoms with Crippen LogP contribution in [-0.2, 0) is 20.7 Å². The minimum absolute atomic E-state index is 0.0588. The molecule has 0 radical (unpaired) electrons. The van der Waals surface area contributed by atoms with Crippen molar-refractivity contribution in [1.82, 2.24) is 14.7 Å². The second-order valence-corrected chi connectivity index (χ2v) is 8.88. The summed E-state index contributed by atoms with van der Waals surface area (Å²) in [6.45, 7) is 2.84. The van der Waals surface area contributed by atoms with E-state index >= 15 is 0 Å². The maximum absolute atomic E-state index is 13.6. The molecule has 170 valence electrons. The smallest absolute Gasteiger partial charge is 0.257 e. The van der Waals surface area contributed by atoms with E-state index < -0.39 is 5.60 Å². The number of carbonyl (C=O) groups is 2. The second kappa shape index (κ2) is 9.38. The average Bonchev–Trinajstić information content (AvgIpc) is 3.04. The van der Waals surface area contributed by atoms with Gasteiger partial charge in [0.15, 0.2) is 5.60 Å². The first kappa shape index (κ1) is 22.4. The van der Waals surface area contributed by atoms with Gasteiger partial charge in [-0.15, -0.1) is 0 Å². The molecule has 0 bridgehead atoms. The van der Waals surface area contributed by atoms with E-state index in [0.717, 1.165) is 12.1 Å². The lowest BCUT2D eigenvalue weighted by Gasteiger charge is -2.42. The molecule has 2 aromatic rings. The van der Waals surface area contributed by atoms with Crippen molar-refractivity contribution in [2.75, 3.05) is 53.4 Å². The number of nitrogens with zero attached hydrogens (tertiary/aromatic N) is 3. The third-order valence-electron chi connectivity index (χ3n) is 6.38. The van der Waals surface area contributed by atoms with E-state index in [4.69, 9.17) is 4.74 Å². The van der Waals surface area contributed by atoms with Gasteiger partial charge in [-0.1, -0.05) is 42.5 Å². The normalized spacial score (nSPS) is 23.4. The Kier molecular flexibility index (Phi) is 6.58. The third-order valence-corrected chi connectivity index (χ3v) is 6.38. The molecular weight excluding hydrogens is 409 g/mol. The highest BCUT2D eigenvalue weighted by Crippen LogP contribution is 2.42. The molecule has 32 heavy (non-hydrogen) atoms. The molecule has 4 rings (SSSR count). The van der Waals surface area contributed by atoms with Crippen molar-refractivity contribution in [3.05, 3.63) is 71.5 Å². The van der Waals surface area contributed by atoms with Gasteiger partial charge < -0.3 is 19.4 Å². The quantitative estimate of drug-likeness (QED) is 0.692. The van der Waals surface area contributed by atoms with Gasteiger partial charge in [0.1, 0.15) is 5.82 Å². The Morgan fingerprint density at radius 2 is 1.97 bits per heavy atom. The topological polar surface area (TPSA) is 53.1 Å². The minimum atomic E-state index is -1.09. The van der Waals surface area contributed by atoms with Crippen LogP contribution in [0.3, 0.4) is 0 Å². The Bertz CT molecular complexity index is 968. The summed E-state index contributed by atoms with van der Waals surface area (Å²) in [7, 11) is 3.96. The highest BCUT2D eigenvalue weighted by Gasteiger charge is 2.58. The maximum atomic E-state index is 13.6. The molecule has 0 saturated carbocycles. The van der Waals surface area contributed by atoms with Crippen LogP contribution in [0.5, 0.6) is 0 Å². The van der Waals surface area contributed by atoms with E-state index in [-0.39, 0.29) is 36.5 Å². The number of likely N-dealkylation sites (N-methyl/N-ethyl adjacent to an activating group) is 1. The molecule has 6 nitrogen and oxygen atoms in total. The highest BCUT2D eigenvalue weighted by molar-refractivity contribution is 5.91. The largest absolute Gasteiger partial charge is 0.361 e. The summed E-state index contributed by atoms with van der Waals surface area (Å²) in [4.78, 5) is 32.3. The molecule has 0 aliphatic carbocycles. The molecule has 7 heteroatoms. The first-order chi connectivity index (χ1) is 15.4. The zero-order chi connectivity index (χ0) is 22.7. The molecule has 2 aliphatic rings. The van der Waals surface area contributed by atoms with Crippen molar-refractivity contribution < 1.29 is 18.7 Å². The van der Waals surface area contributed by atoms with E-state index in [0.29, 0.717) is 31.8 Å². The zero-order valence-electron chi connectivity index (χ0n) is 18.7. The predicted molar refractivity (Wildman–Crippen MR) is 120 cm³/mol. The summed E-state index contributed by atoms with van der Waals surface area (Å²) in [5.41, 5.74) is 0.567. The fourth-order valence-electron chi connectivity index (χ4n) is 4.67. The van der Waals surface area contributed by atoms with Crippen LogP contribution in [0.2, 0.25) is 0 Å². The van der Waals surface area contributed by atoms with Crippen LogP contribution >= 0.6 is 0 Å². The van der Waals surface area contributed by atoms with E-state index in [1.54, 1.807) is 17.0 Å². The Balaban J connectivity index is 1.58. The van der Waals surface area contributed by atoms with E-state index in [9.17, 15) is 14.0 Å². The Hall–Kier alpha value is -2.77. The first-order valence-corrected chi connectivity index (χ1v) is 11.0. The number of hydrogen-bond acceptors (Lipinski definition) is 4. The Labute approximate surface area is 188 Å². The molecule has 0 aromatic heterocycles. The SMILES string of the molecule is CN(C)CCN1C[C@@H](c2ccccc2)[C@]2(CN(C(=O)Cc3cccc(F)c3)CCO2)C1=O. The van der Waals surface area contributed by atoms with Crippen LogP contribution in [-0.4, -0.2) is 85.5 Å². The van der Waals surface area contributed by atoms with Gasteiger partial charge in [0.25, 0.3) is 5.91 Å². The monoisotopic (exact) mass is 439 g/mol. The van der Waals surface area contributed by atoms with E-state index in [1.165, 1.54) is 12.1 Å². The lowest BCUT2D eigenvalue weighted by atomic mass is 9.83. The number of halogens is 1. The molecule has 2 aromatic carbocycles. The third kappa shape index (κ3) is 4.54. The Morgan fingerprint density at radius 1 is 1.19 bits per heavy atom. The molecule has 2 aliphatic heterocycles. The molecular formula is C25H30FN3O3. The molecule has 0 N–H and O–H groups in total. The number of likely N-dealkylation sites (tertiary alicyclic amines) is 1. The average molecular weight is 440 g/mol.